The van der Waals surface area contributed by atoms with Gasteiger partial charge in [0.25, 0.3) is 5.91 Å². The van der Waals surface area contributed by atoms with E-state index in [4.69, 9.17) is 9.83 Å². The van der Waals surface area contributed by atoms with Crippen molar-refractivity contribution in [2.24, 2.45) is 15.9 Å². The van der Waals surface area contributed by atoms with Crippen molar-refractivity contribution in [3.05, 3.63) is 65.8 Å². The molecule has 2 aliphatic rings. The van der Waals surface area contributed by atoms with E-state index in [0.717, 1.165) is 5.39 Å². The molecule has 1 amide bonds. The summed E-state index contributed by atoms with van der Waals surface area (Å²) in [5.74, 6) is -0.454. The number of nitrogens with one attached hydrogen (secondary N) is 1. The number of rotatable bonds is 1. The first-order valence-electron chi connectivity index (χ1n) is 6.86. The van der Waals surface area contributed by atoms with Crippen LogP contribution in [0.25, 0.3) is 11.0 Å². The second-order valence-corrected chi connectivity index (χ2v) is 5.06. The second kappa shape index (κ2) is 4.73. The van der Waals surface area contributed by atoms with Gasteiger partial charge in [0, 0.05) is 5.39 Å². The highest BCUT2D eigenvalue weighted by atomic mass is 16.3. The third kappa shape index (κ3) is 1.95. The van der Waals surface area contributed by atoms with Gasteiger partial charge >= 0.3 is 0 Å². The Bertz CT molecular complexity index is 977. The fraction of sp³-hybridized carbons (Fsp3) is 0.0588. The predicted molar refractivity (Wildman–Crippen MR) is 82.8 cm³/mol. The van der Waals surface area contributed by atoms with Crippen LogP contribution in [0.4, 0.5) is 0 Å². The lowest BCUT2D eigenvalue weighted by Crippen LogP contribution is -2.29. The van der Waals surface area contributed by atoms with Crippen LogP contribution in [0, 0.1) is 11.3 Å². The first kappa shape index (κ1) is 12.6. The Hall–Kier alpha value is -3.08. The maximum Gasteiger partial charge on any atom is 0.260 e. The fourth-order valence-corrected chi connectivity index (χ4v) is 2.53. The van der Waals surface area contributed by atoms with Gasteiger partial charge in [0.2, 0.25) is 5.55 Å². The number of carbonyl (C=O) groups excluding carboxylic acids is 1. The summed E-state index contributed by atoms with van der Waals surface area (Å²) < 4.78 is 5.49. The van der Waals surface area contributed by atoms with E-state index in [1.54, 1.807) is 24.3 Å². The Morgan fingerprint density at radius 2 is 2.00 bits per heavy atom. The number of para-hydroxylation sites is 1. The number of allylic oxidation sites excluding steroid dienone is 3. The number of hydrogen-bond acceptors (Lipinski definition) is 4. The summed E-state index contributed by atoms with van der Waals surface area (Å²) in [6.45, 7) is 0. The molecule has 1 aromatic carbocycles. The molecule has 106 valence electrons. The largest absolute Gasteiger partial charge is 0.438 e. The highest BCUT2D eigenvalue weighted by Gasteiger charge is 2.27. The summed E-state index contributed by atoms with van der Waals surface area (Å²) in [4.78, 5) is 20.6. The Labute approximate surface area is 125 Å². The van der Waals surface area contributed by atoms with Crippen molar-refractivity contribution >= 4 is 28.4 Å². The van der Waals surface area contributed by atoms with Gasteiger partial charge in [0.15, 0.2) is 5.84 Å². The molecule has 1 aliphatic carbocycles. The van der Waals surface area contributed by atoms with Crippen molar-refractivity contribution in [1.82, 2.24) is 0 Å². The molecule has 1 unspecified atom stereocenters. The van der Waals surface area contributed by atoms with E-state index in [2.05, 4.69) is 9.98 Å². The van der Waals surface area contributed by atoms with E-state index in [0.29, 0.717) is 16.9 Å². The predicted octanol–water partition coefficient (Wildman–Crippen LogP) is 2.38. The van der Waals surface area contributed by atoms with Crippen LogP contribution in [0.2, 0.25) is 0 Å². The van der Waals surface area contributed by atoms with Crippen molar-refractivity contribution in [3.63, 3.8) is 0 Å². The summed E-state index contributed by atoms with van der Waals surface area (Å²) in [6, 6.07) is 9.18. The van der Waals surface area contributed by atoms with Crippen LogP contribution in [-0.4, -0.2) is 17.5 Å². The van der Waals surface area contributed by atoms with E-state index in [1.165, 1.54) is 0 Å². The van der Waals surface area contributed by atoms with E-state index in [-0.39, 0.29) is 17.3 Å². The normalized spacial score (nSPS) is 19.8. The molecule has 2 aromatic rings. The molecule has 5 heteroatoms. The number of nitrogens with zero attached hydrogens (tertiary/aromatic N) is 2. The van der Waals surface area contributed by atoms with Gasteiger partial charge in [-0.3, -0.25) is 10.2 Å². The minimum absolute atomic E-state index is 0.0524. The van der Waals surface area contributed by atoms with Crippen LogP contribution in [0.3, 0.4) is 0 Å². The lowest BCUT2D eigenvalue weighted by Gasteiger charge is -2.17. The second-order valence-electron chi connectivity index (χ2n) is 5.06. The van der Waals surface area contributed by atoms with Crippen molar-refractivity contribution < 1.29 is 9.21 Å². The molecule has 0 saturated heterocycles. The van der Waals surface area contributed by atoms with E-state index in [1.807, 2.05) is 30.4 Å². The zero-order valence-corrected chi connectivity index (χ0v) is 11.5. The van der Waals surface area contributed by atoms with Crippen LogP contribution in [0.1, 0.15) is 5.56 Å². The van der Waals surface area contributed by atoms with E-state index >= 15 is 0 Å². The van der Waals surface area contributed by atoms with Crippen LogP contribution in [0.5, 0.6) is 0 Å². The van der Waals surface area contributed by atoms with E-state index in [9.17, 15) is 4.79 Å². The van der Waals surface area contributed by atoms with Crippen LogP contribution in [-0.2, 0) is 4.79 Å². The molecule has 1 aliphatic heterocycles. The molecule has 0 saturated carbocycles. The first-order chi connectivity index (χ1) is 10.7. The molecular formula is C17H11N3O2. The average molecular weight is 289 g/mol. The fourth-order valence-electron chi connectivity index (χ4n) is 2.53. The average Bonchev–Trinajstić information content (AvgIpc) is 2.54. The molecular weight excluding hydrogens is 278 g/mol. The van der Waals surface area contributed by atoms with E-state index < -0.39 is 5.92 Å². The van der Waals surface area contributed by atoms with Gasteiger partial charge in [-0.1, -0.05) is 36.4 Å². The molecule has 2 heterocycles. The summed E-state index contributed by atoms with van der Waals surface area (Å²) in [5.41, 5.74) is 1.62. The van der Waals surface area contributed by atoms with Crippen molar-refractivity contribution in [2.45, 2.75) is 0 Å². The Kier molecular flexibility index (Phi) is 2.72. The zero-order chi connectivity index (χ0) is 15.1. The van der Waals surface area contributed by atoms with Gasteiger partial charge in [-0.25, -0.2) is 4.99 Å². The van der Waals surface area contributed by atoms with Crippen LogP contribution in [0.15, 0.2) is 69.0 Å². The molecule has 0 spiro atoms. The molecule has 0 radical (unpaired) electrons. The summed E-state index contributed by atoms with van der Waals surface area (Å²) in [7, 11) is 0. The Morgan fingerprint density at radius 3 is 2.91 bits per heavy atom. The smallest absolute Gasteiger partial charge is 0.260 e. The molecule has 22 heavy (non-hydrogen) atoms. The quantitative estimate of drug-likeness (QED) is 0.874. The summed E-state index contributed by atoms with van der Waals surface area (Å²) in [5, 5.41) is 8.86. The van der Waals surface area contributed by atoms with Gasteiger partial charge in [0.05, 0.1) is 11.3 Å². The minimum Gasteiger partial charge on any atom is -0.438 e. The monoisotopic (exact) mass is 289 g/mol. The number of fused-ring (bicyclic) bond motifs is 2. The number of aliphatic imine (C=N–C) groups is 2. The molecule has 1 aromatic heterocycles. The lowest BCUT2D eigenvalue weighted by atomic mass is 9.96. The topological polar surface area (TPSA) is 78.8 Å². The SMILES string of the molecule is N=c1oc2ccccc2cc1C1=NC(=O)C2C=CC=CC2=N1. The zero-order valence-electron chi connectivity index (χ0n) is 11.5. The van der Waals surface area contributed by atoms with Gasteiger partial charge in [-0.2, -0.15) is 4.99 Å². The van der Waals surface area contributed by atoms with Crippen LogP contribution >= 0.6 is 0 Å². The number of hydrogen-bond donors (Lipinski definition) is 1. The maximum atomic E-state index is 12.1. The molecule has 1 atom stereocenters. The highest BCUT2D eigenvalue weighted by Crippen LogP contribution is 2.19. The van der Waals surface area contributed by atoms with Gasteiger partial charge < -0.3 is 4.42 Å². The summed E-state index contributed by atoms with van der Waals surface area (Å²) >= 11 is 0. The van der Waals surface area contributed by atoms with Crippen LogP contribution < -0.4 is 5.55 Å². The standard InChI is InChI=1S/C17H11N3O2/c18-15-12(9-10-5-1-4-8-14(10)22-15)16-19-13-7-3-2-6-11(13)17(21)20-16/h1-9,11,18H. The molecule has 1 N–H and O–H groups in total. The molecule has 0 fully saturated rings. The number of amidine groups is 1. The summed E-state index contributed by atoms with van der Waals surface area (Å²) in [6.07, 6.45) is 7.20. The molecule has 4 rings (SSSR count). The van der Waals surface area contributed by atoms with Gasteiger partial charge in [0.1, 0.15) is 11.5 Å². The van der Waals surface area contributed by atoms with Crippen molar-refractivity contribution in [1.29, 1.82) is 5.41 Å². The molecule has 0 bridgehead atoms. The third-order valence-corrected chi connectivity index (χ3v) is 3.63. The van der Waals surface area contributed by atoms with Gasteiger partial charge in [-0.15, -0.1) is 0 Å². The number of benzene rings is 1. The Balaban J connectivity index is 1.89. The first-order valence-corrected chi connectivity index (χ1v) is 6.86. The lowest BCUT2D eigenvalue weighted by molar-refractivity contribution is -0.118. The maximum absolute atomic E-state index is 12.1. The van der Waals surface area contributed by atoms with Crippen molar-refractivity contribution in [2.75, 3.05) is 0 Å². The minimum atomic E-state index is -0.416. The highest BCUT2D eigenvalue weighted by molar-refractivity contribution is 6.24. The van der Waals surface area contributed by atoms with Gasteiger partial charge in [-0.05, 0) is 18.2 Å². The number of carbonyl (C=O) groups is 1. The third-order valence-electron chi connectivity index (χ3n) is 3.63. The number of amides is 1. The molecule has 5 nitrogen and oxygen atoms in total. The van der Waals surface area contributed by atoms with Crippen molar-refractivity contribution in [3.8, 4) is 0 Å². The Morgan fingerprint density at radius 1 is 1.14 bits per heavy atom.